The molecule has 0 aliphatic carbocycles. The maximum atomic E-state index is 15.0. The molecule has 0 radical (unpaired) electrons. The van der Waals surface area contributed by atoms with Gasteiger partial charge in [-0.25, -0.2) is 9.18 Å². The smallest absolute Gasteiger partial charge is 0.331 e. The highest BCUT2D eigenvalue weighted by atomic mass is 32.2. The van der Waals surface area contributed by atoms with E-state index in [1.165, 1.54) is 19.2 Å². The first-order valence-electron chi connectivity index (χ1n) is 11.2. The van der Waals surface area contributed by atoms with Gasteiger partial charge in [-0.05, 0) is 55.3 Å². The maximum absolute atomic E-state index is 15.0. The standard InChI is InChI=1S/C26H23FN4O4S/c1-25(2)13-26(3,14-8-6-5-7-9-14)17-11-15(27)10-16-20(23(34)31(25)21(16)17)29-30-24-28-22(33)18(36-24)12-19(32)35-4/h5-12,34H,13H2,1-4H3/b18-12-,30-29?. The molecule has 1 N–H and O–H groups in total. The minimum Gasteiger partial charge on any atom is -0.493 e. The second kappa shape index (κ2) is 8.41. The van der Waals surface area contributed by atoms with Gasteiger partial charge in [0.2, 0.25) is 11.0 Å². The number of azo groups is 1. The minimum absolute atomic E-state index is 0.00432. The van der Waals surface area contributed by atoms with Crippen LogP contribution >= 0.6 is 11.8 Å². The fourth-order valence-electron chi connectivity index (χ4n) is 5.26. The number of amides is 1. The molecule has 1 aromatic heterocycles. The normalized spacial score (nSPS) is 22.0. The van der Waals surface area contributed by atoms with E-state index < -0.39 is 28.6 Å². The summed E-state index contributed by atoms with van der Waals surface area (Å²) in [5.74, 6) is -1.94. The number of thioether (sulfide) groups is 1. The van der Waals surface area contributed by atoms with Gasteiger partial charge in [0.05, 0.1) is 17.5 Å². The van der Waals surface area contributed by atoms with Crippen molar-refractivity contribution in [1.29, 1.82) is 0 Å². The number of halogens is 1. The first-order valence-corrected chi connectivity index (χ1v) is 12.0. The van der Waals surface area contributed by atoms with E-state index in [0.717, 1.165) is 29.0 Å². The molecule has 2 aliphatic rings. The number of esters is 1. The zero-order chi connectivity index (χ0) is 25.8. The monoisotopic (exact) mass is 506 g/mol. The van der Waals surface area contributed by atoms with Crippen molar-refractivity contribution in [2.45, 2.75) is 38.1 Å². The number of amidine groups is 1. The summed E-state index contributed by atoms with van der Waals surface area (Å²) in [4.78, 5) is 27.4. The first kappa shape index (κ1) is 23.9. The summed E-state index contributed by atoms with van der Waals surface area (Å²) in [6.07, 6.45) is 1.63. The molecule has 184 valence electrons. The Morgan fingerprint density at radius 1 is 1.22 bits per heavy atom. The molecule has 3 aromatic rings. The van der Waals surface area contributed by atoms with E-state index in [9.17, 15) is 19.1 Å². The van der Waals surface area contributed by atoms with Gasteiger partial charge in [-0.15, -0.1) is 10.2 Å². The van der Waals surface area contributed by atoms with Gasteiger partial charge in [-0.3, -0.25) is 4.79 Å². The zero-order valence-electron chi connectivity index (χ0n) is 20.1. The summed E-state index contributed by atoms with van der Waals surface area (Å²) >= 11 is 0.859. The van der Waals surface area contributed by atoms with Gasteiger partial charge in [0.1, 0.15) is 5.82 Å². The highest BCUT2D eigenvalue weighted by molar-refractivity contribution is 8.18. The summed E-state index contributed by atoms with van der Waals surface area (Å²) in [5, 5.41) is 19.9. The van der Waals surface area contributed by atoms with Crippen LogP contribution in [0.15, 0.2) is 68.7 Å². The van der Waals surface area contributed by atoms with Crippen molar-refractivity contribution < 1.29 is 23.8 Å². The van der Waals surface area contributed by atoms with Gasteiger partial charge < -0.3 is 14.4 Å². The maximum Gasteiger partial charge on any atom is 0.331 e. The molecule has 0 saturated heterocycles. The van der Waals surface area contributed by atoms with Crippen LogP contribution in [0.4, 0.5) is 10.1 Å². The molecule has 1 atom stereocenters. The number of benzene rings is 2. The van der Waals surface area contributed by atoms with Crippen molar-refractivity contribution in [2.24, 2.45) is 15.2 Å². The predicted molar refractivity (Wildman–Crippen MR) is 135 cm³/mol. The van der Waals surface area contributed by atoms with Gasteiger partial charge in [0.25, 0.3) is 5.91 Å². The van der Waals surface area contributed by atoms with Crippen LogP contribution in [0.3, 0.4) is 0 Å². The molecule has 10 heteroatoms. The highest BCUT2D eigenvalue weighted by Gasteiger charge is 2.45. The van der Waals surface area contributed by atoms with Crippen LogP contribution in [0.25, 0.3) is 10.9 Å². The lowest BCUT2D eigenvalue weighted by atomic mass is 9.66. The molecule has 8 nitrogen and oxygen atoms in total. The number of methoxy groups -OCH3 is 1. The Kier molecular flexibility index (Phi) is 5.59. The lowest BCUT2D eigenvalue weighted by Gasteiger charge is -2.45. The van der Waals surface area contributed by atoms with Gasteiger partial charge >= 0.3 is 5.97 Å². The third kappa shape index (κ3) is 3.72. The molecule has 1 amide bonds. The molecule has 3 heterocycles. The van der Waals surface area contributed by atoms with Crippen LogP contribution in [0.2, 0.25) is 0 Å². The molecule has 2 aliphatic heterocycles. The molecular weight excluding hydrogens is 483 g/mol. The molecular formula is C26H23FN4O4S. The van der Waals surface area contributed by atoms with Crippen molar-refractivity contribution >= 4 is 45.4 Å². The van der Waals surface area contributed by atoms with Crippen molar-refractivity contribution in [3.63, 3.8) is 0 Å². The fraction of sp³-hybridized carbons (Fsp3) is 0.269. The zero-order valence-corrected chi connectivity index (χ0v) is 20.9. The fourth-order valence-corrected chi connectivity index (χ4v) is 5.96. The number of rotatable bonds is 3. The number of aromatic hydroxyl groups is 1. The number of carbonyl (C=O) groups is 2. The SMILES string of the molecule is COC(=O)/C=C1\SC(N=Nc2c(O)n3c4c(cc(F)cc24)C(C)(c2ccccc2)CC3(C)C)=NC1=O. The first-order chi connectivity index (χ1) is 17.0. The van der Waals surface area contributed by atoms with Crippen molar-refractivity contribution in [1.82, 2.24) is 4.57 Å². The number of hydrogen-bond donors (Lipinski definition) is 1. The number of nitrogens with zero attached hydrogens (tertiary/aromatic N) is 4. The predicted octanol–water partition coefficient (Wildman–Crippen LogP) is 5.70. The van der Waals surface area contributed by atoms with Crippen LogP contribution in [-0.2, 0) is 25.3 Å². The third-order valence-electron chi connectivity index (χ3n) is 6.67. The van der Waals surface area contributed by atoms with E-state index in [2.05, 4.69) is 26.9 Å². The molecule has 2 aromatic carbocycles. The number of carbonyl (C=O) groups excluding carboxylic acids is 2. The second-order valence-electron chi connectivity index (χ2n) is 9.58. The summed E-state index contributed by atoms with van der Waals surface area (Å²) in [6, 6.07) is 12.7. The van der Waals surface area contributed by atoms with Gasteiger partial charge in [0, 0.05) is 22.4 Å². The van der Waals surface area contributed by atoms with Gasteiger partial charge in [-0.1, -0.05) is 37.3 Å². The highest BCUT2D eigenvalue weighted by Crippen LogP contribution is 2.55. The van der Waals surface area contributed by atoms with E-state index in [1.807, 2.05) is 44.2 Å². The number of hydrogen-bond acceptors (Lipinski definition) is 7. The third-order valence-corrected chi connectivity index (χ3v) is 7.54. The van der Waals surface area contributed by atoms with E-state index in [4.69, 9.17) is 0 Å². The lowest BCUT2D eigenvalue weighted by Crippen LogP contribution is -2.41. The minimum atomic E-state index is -0.690. The van der Waals surface area contributed by atoms with Gasteiger partial charge in [0.15, 0.2) is 5.69 Å². The van der Waals surface area contributed by atoms with E-state index in [0.29, 0.717) is 17.3 Å². The van der Waals surface area contributed by atoms with Crippen LogP contribution in [0.5, 0.6) is 5.88 Å². The quantitative estimate of drug-likeness (QED) is 0.279. The molecule has 0 bridgehead atoms. The van der Waals surface area contributed by atoms with Crippen molar-refractivity contribution in [2.75, 3.05) is 7.11 Å². The van der Waals surface area contributed by atoms with E-state index in [1.54, 1.807) is 4.57 Å². The number of ether oxygens (including phenoxy) is 1. The Balaban J connectivity index is 1.66. The molecule has 0 saturated carbocycles. The summed E-state index contributed by atoms with van der Waals surface area (Å²) in [5.41, 5.74) is 1.47. The number of aromatic nitrogens is 1. The Morgan fingerprint density at radius 2 is 1.94 bits per heavy atom. The van der Waals surface area contributed by atoms with Crippen LogP contribution in [0, 0.1) is 5.82 Å². The number of aliphatic imine (C=N–C) groups is 1. The largest absolute Gasteiger partial charge is 0.493 e. The summed E-state index contributed by atoms with van der Waals surface area (Å²) < 4.78 is 21.3. The van der Waals surface area contributed by atoms with Crippen LogP contribution < -0.4 is 0 Å². The van der Waals surface area contributed by atoms with Gasteiger partial charge in [-0.2, -0.15) is 4.99 Å². The molecule has 1 unspecified atom stereocenters. The van der Waals surface area contributed by atoms with Crippen LogP contribution in [0.1, 0.15) is 38.3 Å². The molecule has 0 spiro atoms. The average molecular weight is 507 g/mol. The topological polar surface area (TPSA) is 106 Å². The molecule has 36 heavy (non-hydrogen) atoms. The van der Waals surface area contributed by atoms with Crippen molar-refractivity contribution in [3.8, 4) is 5.88 Å². The Hall–Kier alpha value is -3.79. The second-order valence-corrected chi connectivity index (χ2v) is 10.6. The van der Waals surface area contributed by atoms with E-state index >= 15 is 0 Å². The van der Waals surface area contributed by atoms with E-state index in [-0.39, 0.29) is 21.6 Å². The average Bonchev–Trinajstić information content (AvgIpc) is 3.32. The molecule has 5 rings (SSSR count). The summed E-state index contributed by atoms with van der Waals surface area (Å²) in [7, 11) is 1.20. The summed E-state index contributed by atoms with van der Waals surface area (Å²) in [6.45, 7) is 6.11. The Labute approximate surface area is 210 Å². The van der Waals surface area contributed by atoms with Crippen molar-refractivity contribution in [3.05, 3.63) is 70.4 Å². The Bertz CT molecular complexity index is 1520. The lowest BCUT2D eigenvalue weighted by molar-refractivity contribution is -0.135. The Morgan fingerprint density at radius 3 is 2.64 bits per heavy atom. The molecule has 0 fully saturated rings. The van der Waals surface area contributed by atoms with Crippen LogP contribution in [-0.4, -0.2) is 33.8 Å².